The first-order valence-corrected chi connectivity index (χ1v) is 9.67. The summed E-state index contributed by atoms with van der Waals surface area (Å²) in [5.41, 5.74) is 3.21. The number of benzene rings is 2. The van der Waals surface area contributed by atoms with E-state index in [1.807, 2.05) is 37.3 Å². The summed E-state index contributed by atoms with van der Waals surface area (Å²) >= 11 is 1.16. The van der Waals surface area contributed by atoms with Crippen LogP contribution in [0.3, 0.4) is 0 Å². The number of fused-ring (bicyclic) bond motifs is 1. The number of rotatable bonds is 4. The van der Waals surface area contributed by atoms with Crippen LogP contribution in [0.1, 0.15) is 32.7 Å². The van der Waals surface area contributed by atoms with Gasteiger partial charge in [0.15, 0.2) is 0 Å². The lowest BCUT2D eigenvalue weighted by Crippen LogP contribution is -2.20. The van der Waals surface area contributed by atoms with E-state index < -0.39 is 0 Å². The number of carbonyl (C=O) groups excluding carboxylic acids is 1. The molecule has 0 unspecified atom stereocenters. The lowest BCUT2D eigenvalue weighted by Gasteiger charge is -2.10. The van der Waals surface area contributed by atoms with E-state index >= 15 is 0 Å². The molecule has 4 aromatic rings. The predicted molar refractivity (Wildman–Crippen MR) is 111 cm³/mol. The summed E-state index contributed by atoms with van der Waals surface area (Å²) in [6.07, 6.45) is 0. The third kappa shape index (κ3) is 2.84. The number of nitrogens with one attached hydrogen (secondary N) is 1. The SMILES string of the molecule is Cc1[nH]n(C)c(=O)c1C(=O)c1ccc2sc(=O)n(Cc3ccccc3)c2c1C. The fourth-order valence-corrected chi connectivity index (χ4v) is 4.53. The van der Waals surface area contributed by atoms with E-state index in [-0.39, 0.29) is 21.8 Å². The highest BCUT2D eigenvalue weighted by atomic mass is 32.1. The molecule has 0 saturated heterocycles. The Morgan fingerprint density at radius 1 is 1.07 bits per heavy atom. The topological polar surface area (TPSA) is 76.9 Å². The molecule has 0 radical (unpaired) electrons. The van der Waals surface area contributed by atoms with Crippen LogP contribution in [0, 0.1) is 13.8 Å². The average Bonchev–Trinajstić information content (AvgIpc) is 3.11. The first-order chi connectivity index (χ1) is 13.4. The number of aromatic nitrogens is 3. The number of aryl methyl sites for hydroxylation is 3. The van der Waals surface area contributed by atoms with Crippen LogP contribution in [0.5, 0.6) is 0 Å². The Morgan fingerprint density at radius 3 is 2.43 bits per heavy atom. The van der Waals surface area contributed by atoms with E-state index in [0.717, 1.165) is 27.1 Å². The maximum Gasteiger partial charge on any atom is 0.308 e. The van der Waals surface area contributed by atoms with Crippen molar-refractivity contribution in [2.45, 2.75) is 20.4 Å². The zero-order valence-corrected chi connectivity index (χ0v) is 16.6. The lowest BCUT2D eigenvalue weighted by atomic mass is 9.98. The molecule has 6 nitrogen and oxygen atoms in total. The van der Waals surface area contributed by atoms with Crippen LogP contribution in [0.25, 0.3) is 10.2 Å². The van der Waals surface area contributed by atoms with Crippen molar-refractivity contribution in [2.75, 3.05) is 0 Å². The summed E-state index contributed by atoms with van der Waals surface area (Å²) in [6, 6.07) is 13.2. The fraction of sp³-hybridized carbons (Fsp3) is 0.190. The Balaban J connectivity index is 1.89. The van der Waals surface area contributed by atoms with Crippen LogP contribution in [0.2, 0.25) is 0 Å². The standard InChI is InChI=1S/C21H19N3O3S/c1-12-15(19(25)17-13(2)22-23(3)20(17)26)9-10-16-18(12)24(21(27)28-16)11-14-7-5-4-6-8-14/h4-10,22H,11H2,1-3H3. The van der Waals surface area contributed by atoms with Gasteiger partial charge in [0.05, 0.1) is 16.8 Å². The normalized spacial score (nSPS) is 11.2. The van der Waals surface area contributed by atoms with Gasteiger partial charge in [0.25, 0.3) is 5.56 Å². The van der Waals surface area contributed by atoms with Gasteiger partial charge in [-0.25, -0.2) is 0 Å². The van der Waals surface area contributed by atoms with Crippen molar-refractivity contribution in [1.82, 2.24) is 14.3 Å². The van der Waals surface area contributed by atoms with Crippen molar-refractivity contribution >= 4 is 27.3 Å². The average molecular weight is 393 g/mol. The number of aromatic amines is 1. The number of hydrogen-bond acceptors (Lipinski definition) is 4. The molecule has 142 valence electrons. The van der Waals surface area contributed by atoms with E-state index in [9.17, 15) is 14.4 Å². The van der Waals surface area contributed by atoms with Crippen LogP contribution in [-0.4, -0.2) is 20.1 Å². The van der Waals surface area contributed by atoms with Crippen molar-refractivity contribution in [2.24, 2.45) is 7.05 Å². The molecule has 0 amide bonds. The molecule has 2 heterocycles. The predicted octanol–water partition coefficient (Wildman–Crippen LogP) is 2.99. The Kier molecular flexibility index (Phi) is 4.39. The molecule has 0 atom stereocenters. The second-order valence-corrected chi connectivity index (χ2v) is 7.82. The number of carbonyl (C=O) groups is 1. The van der Waals surface area contributed by atoms with Gasteiger partial charge in [-0.15, -0.1) is 0 Å². The zero-order chi connectivity index (χ0) is 20.0. The molecule has 28 heavy (non-hydrogen) atoms. The molecule has 7 heteroatoms. The summed E-state index contributed by atoms with van der Waals surface area (Å²) in [7, 11) is 1.58. The quantitative estimate of drug-likeness (QED) is 0.542. The first kappa shape index (κ1) is 18.2. The number of ketones is 1. The highest BCUT2D eigenvalue weighted by Gasteiger charge is 2.23. The van der Waals surface area contributed by atoms with E-state index in [1.165, 1.54) is 4.68 Å². The smallest absolute Gasteiger partial charge is 0.299 e. The molecule has 0 spiro atoms. The molecule has 2 aromatic carbocycles. The summed E-state index contributed by atoms with van der Waals surface area (Å²) in [5, 5.41) is 2.86. The molecular weight excluding hydrogens is 374 g/mol. The highest BCUT2D eigenvalue weighted by Crippen LogP contribution is 2.26. The third-order valence-electron chi connectivity index (χ3n) is 4.97. The molecule has 2 aromatic heterocycles. The zero-order valence-electron chi connectivity index (χ0n) is 15.8. The third-order valence-corrected chi connectivity index (χ3v) is 5.91. The van der Waals surface area contributed by atoms with Crippen molar-refractivity contribution in [3.8, 4) is 0 Å². The Hall–Kier alpha value is -3.19. The Morgan fingerprint density at radius 2 is 1.79 bits per heavy atom. The maximum absolute atomic E-state index is 13.1. The minimum Gasteiger partial charge on any atom is -0.299 e. The van der Waals surface area contributed by atoms with E-state index in [0.29, 0.717) is 23.4 Å². The van der Waals surface area contributed by atoms with Crippen LogP contribution >= 0.6 is 11.3 Å². The van der Waals surface area contributed by atoms with Gasteiger partial charge in [-0.3, -0.25) is 28.7 Å². The molecule has 0 bridgehead atoms. The summed E-state index contributed by atoms with van der Waals surface area (Å²) in [4.78, 5) is 38.0. The molecule has 0 fully saturated rings. The van der Waals surface area contributed by atoms with Gasteiger partial charge in [-0.2, -0.15) is 0 Å². The van der Waals surface area contributed by atoms with E-state index in [1.54, 1.807) is 30.7 Å². The summed E-state index contributed by atoms with van der Waals surface area (Å²) in [6.45, 7) is 3.97. The first-order valence-electron chi connectivity index (χ1n) is 8.85. The number of hydrogen-bond donors (Lipinski definition) is 1. The number of thiazole rings is 1. The minimum atomic E-state index is -0.353. The van der Waals surface area contributed by atoms with Crippen molar-refractivity contribution < 1.29 is 4.79 Å². The fourth-order valence-electron chi connectivity index (χ4n) is 3.58. The molecule has 0 aliphatic rings. The van der Waals surface area contributed by atoms with Crippen LogP contribution < -0.4 is 10.4 Å². The van der Waals surface area contributed by atoms with Crippen molar-refractivity contribution in [3.63, 3.8) is 0 Å². The second-order valence-electron chi connectivity index (χ2n) is 6.83. The molecule has 0 aliphatic heterocycles. The Bertz CT molecular complexity index is 1320. The molecule has 1 N–H and O–H groups in total. The second kappa shape index (κ2) is 6.76. The van der Waals surface area contributed by atoms with Crippen LogP contribution in [0.4, 0.5) is 0 Å². The minimum absolute atomic E-state index is 0.0692. The summed E-state index contributed by atoms with van der Waals surface area (Å²) in [5.74, 6) is -0.330. The van der Waals surface area contributed by atoms with E-state index in [4.69, 9.17) is 0 Å². The van der Waals surface area contributed by atoms with Crippen LogP contribution in [-0.2, 0) is 13.6 Å². The largest absolute Gasteiger partial charge is 0.308 e. The van der Waals surface area contributed by atoms with Crippen molar-refractivity contribution in [1.29, 1.82) is 0 Å². The van der Waals surface area contributed by atoms with Gasteiger partial charge in [-0.05, 0) is 37.1 Å². The Labute approximate surface area is 164 Å². The van der Waals surface area contributed by atoms with Gasteiger partial charge in [0.2, 0.25) is 5.78 Å². The van der Waals surface area contributed by atoms with Gasteiger partial charge in [-0.1, -0.05) is 41.7 Å². The lowest BCUT2D eigenvalue weighted by molar-refractivity contribution is 0.103. The maximum atomic E-state index is 13.1. The van der Waals surface area contributed by atoms with Gasteiger partial charge < -0.3 is 0 Å². The summed E-state index contributed by atoms with van der Waals surface area (Å²) < 4.78 is 3.82. The van der Waals surface area contributed by atoms with Crippen LogP contribution in [0.15, 0.2) is 52.1 Å². The number of nitrogens with zero attached hydrogens (tertiary/aromatic N) is 2. The molecule has 4 rings (SSSR count). The van der Waals surface area contributed by atoms with Gasteiger partial charge in [0.1, 0.15) is 5.56 Å². The van der Waals surface area contributed by atoms with Gasteiger partial charge >= 0.3 is 4.87 Å². The molecule has 0 saturated carbocycles. The molecular formula is C21H19N3O3S. The van der Waals surface area contributed by atoms with E-state index in [2.05, 4.69) is 5.10 Å². The monoisotopic (exact) mass is 393 g/mol. The molecule has 0 aliphatic carbocycles. The number of H-pyrrole nitrogens is 1. The van der Waals surface area contributed by atoms with Gasteiger partial charge in [0, 0.05) is 18.3 Å². The highest BCUT2D eigenvalue weighted by molar-refractivity contribution is 7.16. The van der Waals surface area contributed by atoms with Crippen molar-refractivity contribution in [3.05, 3.63) is 90.4 Å².